The second kappa shape index (κ2) is 7.84. The van der Waals surface area contributed by atoms with Crippen LogP contribution in [-0.2, 0) is 16.1 Å². The Bertz CT molecular complexity index is 795. The van der Waals surface area contributed by atoms with Crippen molar-refractivity contribution in [3.8, 4) is 0 Å². The van der Waals surface area contributed by atoms with Gasteiger partial charge in [0.25, 0.3) is 0 Å². The summed E-state index contributed by atoms with van der Waals surface area (Å²) in [6.07, 6.45) is 2.03. The molecule has 1 saturated carbocycles. The lowest BCUT2D eigenvalue weighted by molar-refractivity contribution is -0.229. The predicted octanol–water partition coefficient (Wildman–Crippen LogP) is 3.63. The predicted molar refractivity (Wildman–Crippen MR) is 114 cm³/mol. The number of carbonyl (C=O) groups excluding carboxylic acids is 1. The summed E-state index contributed by atoms with van der Waals surface area (Å²) in [5.41, 5.74) is 6.49. The maximum Gasteiger partial charge on any atom is 0.243 e. The molecule has 0 bridgehead atoms. The molecule has 8 heteroatoms. The Balaban J connectivity index is 0.00000131. The Labute approximate surface area is 176 Å². The molecule has 0 radical (unpaired) electrons. The van der Waals surface area contributed by atoms with Crippen molar-refractivity contribution in [2.45, 2.75) is 44.9 Å². The molecule has 5 nitrogen and oxygen atoms in total. The van der Waals surface area contributed by atoms with Gasteiger partial charge in [-0.3, -0.25) is 4.79 Å². The summed E-state index contributed by atoms with van der Waals surface area (Å²) in [5.74, 6) is 0.116. The van der Waals surface area contributed by atoms with E-state index in [1.807, 2.05) is 25.2 Å². The SMILES string of the molecule is CN(Cc1nc2ccccc2s1)C(=O)C1(N)C2CCCOC2C1(C)C.Cl.Cl. The van der Waals surface area contributed by atoms with Gasteiger partial charge in [-0.05, 0) is 25.0 Å². The number of carbonyl (C=O) groups is 1. The van der Waals surface area contributed by atoms with Crippen LogP contribution in [0.5, 0.6) is 0 Å². The summed E-state index contributed by atoms with van der Waals surface area (Å²) >= 11 is 1.63. The van der Waals surface area contributed by atoms with Crippen molar-refractivity contribution in [1.82, 2.24) is 9.88 Å². The highest BCUT2D eigenvalue weighted by Gasteiger charge is 2.70. The average molecular weight is 432 g/mol. The van der Waals surface area contributed by atoms with Crippen molar-refractivity contribution in [3.63, 3.8) is 0 Å². The van der Waals surface area contributed by atoms with Gasteiger partial charge in [0.2, 0.25) is 5.91 Å². The highest BCUT2D eigenvalue weighted by molar-refractivity contribution is 7.18. The molecule has 2 aromatic rings. The zero-order valence-electron chi connectivity index (χ0n) is 15.8. The van der Waals surface area contributed by atoms with Gasteiger partial charge in [-0.1, -0.05) is 26.0 Å². The van der Waals surface area contributed by atoms with E-state index in [1.165, 1.54) is 0 Å². The Morgan fingerprint density at radius 2 is 2.07 bits per heavy atom. The van der Waals surface area contributed by atoms with E-state index in [-0.39, 0.29) is 48.2 Å². The number of nitrogens with zero attached hydrogens (tertiary/aromatic N) is 2. The minimum Gasteiger partial charge on any atom is -0.377 e. The Hall–Kier alpha value is -0.920. The van der Waals surface area contributed by atoms with E-state index in [2.05, 4.69) is 24.9 Å². The van der Waals surface area contributed by atoms with Gasteiger partial charge in [0.05, 0.1) is 22.9 Å². The van der Waals surface area contributed by atoms with E-state index in [4.69, 9.17) is 10.5 Å². The molecule has 0 spiro atoms. The second-order valence-electron chi connectivity index (χ2n) is 7.87. The molecule has 1 amide bonds. The van der Waals surface area contributed by atoms with Crippen LogP contribution in [0.2, 0.25) is 0 Å². The largest absolute Gasteiger partial charge is 0.377 e. The van der Waals surface area contributed by atoms with Gasteiger partial charge in [0.1, 0.15) is 10.5 Å². The zero-order chi connectivity index (χ0) is 17.8. The molecule has 1 saturated heterocycles. The molecule has 1 aliphatic heterocycles. The third kappa shape index (κ3) is 3.25. The van der Waals surface area contributed by atoms with E-state index in [0.29, 0.717) is 6.54 Å². The number of halogens is 2. The Morgan fingerprint density at radius 3 is 2.78 bits per heavy atom. The molecule has 4 rings (SSSR count). The van der Waals surface area contributed by atoms with Crippen LogP contribution >= 0.6 is 36.2 Å². The fraction of sp³-hybridized carbons (Fsp3) is 0.579. The third-order valence-corrected chi connectivity index (χ3v) is 7.12. The van der Waals surface area contributed by atoms with Crippen molar-refractivity contribution in [1.29, 1.82) is 0 Å². The van der Waals surface area contributed by atoms with Gasteiger partial charge in [0, 0.05) is 25.0 Å². The zero-order valence-corrected chi connectivity index (χ0v) is 18.3. The molecular formula is C19H27Cl2N3O2S. The molecule has 2 N–H and O–H groups in total. The number of benzene rings is 1. The standard InChI is InChI=1S/C19H25N3O2S.2ClH/c1-18(2)16-12(7-6-10-24-16)19(18,20)17(23)22(3)11-15-21-13-8-4-5-9-14(13)25-15;;/h4-5,8-9,12,16H,6-7,10-11,20H2,1-3H3;2*1H. The van der Waals surface area contributed by atoms with Crippen LogP contribution in [-0.4, -0.2) is 41.1 Å². The maximum atomic E-state index is 13.3. The molecular weight excluding hydrogens is 405 g/mol. The van der Waals surface area contributed by atoms with Crippen LogP contribution in [0.4, 0.5) is 0 Å². The molecule has 1 aromatic carbocycles. The van der Waals surface area contributed by atoms with Crippen LogP contribution < -0.4 is 5.73 Å². The molecule has 3 unspecified atom stereocenters. The number of thiazole rings is 1. The molecule has 2 heterocycles. The number of para-hydroxylation sites is 1. The average Bonchev–Trinajstić information content (AvgIpc) is 3.02. The van der Waals surface area contributed by atoms with Crippen molar-refractivity contribution >= 4 is 52.3 Å². The first kappa shape index (κ1) is 22.4. The summed E-state index contributed by atoms with van der Waals surface area (Å²) in [5, 5.41) is 0.939. The number of likely N-dealkylation sites (N-methyl/N-ethyl adjacent to an activating group) is 1. The van der Waals surface area contributed by atoms with Gasteiger partial charge in [0.15, 0.2) is 0 Å². The van der Waals surface area contributed by atoms with E-state index in [0.717, 1.165) is 34.7 Å². The highest BCUT2D eigenvalue weighted by atomic mass is 35.5. The Morgan fingerprint density at radius 1 is 1.37 bits per heavy atom. The first-order chi connectivity index (χ1) is 11.9. The number of nitrogens with two attached hydrogens (primary N) is 1. The van der Waals surface area contributed by atoms with Gasteiger partial charge < -0.3 is 15.4 Å². The molecule has 2 aliphatic rings. The minimum atomic E-state index is -0.858. The number of amides is 1. The summed E-state index contributed by atoms with van der Waals surface area (Å²) in [6, 6.07) is 8.05. The fourth-order valence-electron chi connectivity index (χ4n) is 4.59. The third-order valence-electron chi connectivity index (χ3n) is 6.10. The first-order valence-electron chi connectivity index (χ1n) is 8.86. The van der Waals surface area contributed by atoms with Crippen molar-refractivity contribution in [3.05, 3.63) is 29.3 Å². The summed E-state index contributed by atoms with van der Waals surface area (Å²) in [7, 11) is 1.83. The quantitative estimate of drug-likeness (QED) is 0.805. The molecule has 1 aliphatic carbocycles. The van der Waals surface area contributed by atoms with E-state index >= 15 is 0 Å². The van der Waals surface area contributed by atoms with Gasteiger partial charge >= 0.3 is 0 Å². The normalized spacial score (nSPS) is 28.3. The smallest absolute Gasteiger partial charge is 0.243 e. The molecule has 27 heavy (non-hydrogen) atoms. The van der Waals surface area contributed by atoms with Gasteiger partial charge in [-0.15, -0.1) is 36.2 Å². The summed E-state index contributed by atoms with van der Waals surface area (Å²) in [4.78, 5) is 19.6. The maximum absolute atomic E-state index is 13.3. The van der Waals surface area contributed by atoms with Crippen molar-refractivity contribution < 1.29 is 9.53 Å². The monoisotopic (exact) mass is 431 g/mol. The molecule has 3 atom stereocenters. The first-order valence-corrected chi connectivity index (χ1v) is 9.68. The van der Waals surface area contributed by atoms with E-state index in [1.54, 1.807) is 16.2 Å². The Kier molecular flexibility index (Phi) is 6.49. The highest BCUT2D eigenvalue weighted by Crippen LogP contribution is 2.57. The molecule has 150 valence electrons. The van der Waals surface area contributed by atoms with Gasteiger partial charge in [-0.2, -0.15) is 0 Å². The topological polar surface area (TPSA) is 68.5 Å². The second-order valence-corrected chi connectivity index (χ2v) is 8.98. The summed E-state index contributed by atoms with van der Waals surface area (Å²) < 4.78 is 7.06. The van der Waals surface area contributed by atoms with Crippen LogP contribution in [0.25, 0.3) is 10.2 Å². The number of ether oxygens (including phenoxy) is 1. The van der Waals surface area contributed by atoms with Crippen LogP contribution in [0, 0.1) is 11.3 Å². The van der Waals surface area contributed by atoms with Crippen LogP contribution in [0.1, 0.15) is 31.7 Å². The van der Waals surface area contributed by atoms with Crippen LogP contribution in [0.3, 0.4) is 0 Å². The number of hydrogen-bond acceptors (Lipinski definition) is 5. The summed E-state index contributed by atoms with van der Waals surface area (Å²) in [6.45, 7) is 5.38. The molecule has 1 aromatic heterocycles. The minimum absolute atomic E-state index is 0. The molecule has 2 fully saturated rings. The lowest BCUT2D eigenvalue weighted by Gasteiger charge is -2.65. The lowest BCUT2D eigenvalue weighted by atomic mass is 9.46. The van der Waals surface area contributed by atoms with Crippen molar-refractivity contribution in [2.24, 2.45) is 17.1 Å². The number of hydrogen-bond donors (Lipinski definition) is 1. The number of aromatic nitrogens is 1. The number of rotatable bonds is 3. The van der Waals surface area contributed by atoms with E-state index in [9.17, 15) is 4.79 Å². The van der Waals surface area contributed by atoms with E-state index < -0.39 is 5.54 Å². The van der Waals surface area contributed by atoms with Gasteiger partial charge in [-0.25, -0.2) is 4.98 Å². The lowest BCUT2D eigenvalue weighted by Crippen LogP contribution is -2.82. The number of fused-ring (bicyclic) bond motifs is 2. The fourth-order valence-corrected chi connectivity index (χ4v) is 5.61. The van der Waals surface area contributed by atoms with Crippen molar-refractivity contribution in [2.75, 3.05) is 13.7 Å². The van der Waals surface area contributed by atoms with Crippen LogP contribution in [0.15, 0.2) is 24.3 Å².